The second-order valence-corrected chi connectivity index (χ2v) is 7.57. The Balaban J connectivity index is 1.88. The Bertz CT molecular complexity index is 712. The van der Waals surface area contributed by atoms with Crippen LogP contribution in [0.5, 0.6) is 0 Å². The molecular weight excluding hydrogens is 360 g/mol. The number of aliphatic imine (C=N–C) groups is 1. The molecule has 1 aromatic rings. The number of rotatable bonds is 5. The van der Waals surface area contributed by atoms with Gasteiger partial charge in [-0.05, 0) is 18.1 Å². The largest absolute Gasteiger partial charge is 0.331 e. The van der Waals surface area contributed by atoms with Crippen LogP contribution >= 0.6 is 23.4 Å². The molecule has 0 radical (unpaired) electrons. The summed E-state index contributed by atoms with van der Waals surface area (Å²) >= 11 is 7.93. The molecule has 8 heteroatoms. The number of nitrogens with one attached hydrogen (secondary N) is 1. The van der Waals surface area contributed by atoms with Gasteiger partial charge in [-0.1, -0.05) is 54.9 Å². The van der Waals surface area contributed by atoms with Gasteiger partial charge in [0, 0.05) is 24.4 Å². The molecule has 0 aromatic heterocycles. The van der Waals surface area contributed by atoms with Crippen molar-refractivity contribution in [2.24, 2.45) is 4.99 Å². The first-order chi connectivity index (χ1) is 12.0. The van der Waals surface area contributed by atoms with Gasteiger partial charge in [0.15, 0.2) is 17.4 Å². The molecular formula is C17H21ClN4O2S. The number of amides is 3. The van der Waals surface area contributed by atoms with E-state index in [0.717, 1.165) is 29.3 Å². The van der Waals surface area contributed by atoms with Crippen LogP contribution in [0.1, 0.15) is 25.3 Å². The summed E-state index contributed by atoms with van der Waals surface area (Å²) in [6.07, 6.45) is 1.67. The van der Waals surface area contributed by atoms with Crippen molar-refractivity contribution in [2.75, 3.05) is 12.8 Å². The second kappa shape index (κ2) is 7.66. The number of imide groups is 1. The number of carbonyl (C=O) groups excluding carboxylic acids is 2. The van der Waals surface area contributed by atoms with Crippen molar-refractivity contribution in [3.8, 4) is 0 Å². The van der Waals surface area contributed by atoms with Gasteiger partial charge >= 0.3 is 6.03 Å². The predicted molar refractivity (Wildman–Crippen MR) is 101 cm³/mol. The predicted octanol–water partition coefficient (Wildman–Crippen LogP) is 2.92. The Morgan fingerprint density at radius 1 is 1.32 bits per heavy atom. The van der Waals surface area contributed by atoms with Crippen LogP contribution in [0.3, 0.4) is 0 Å². The third kappa shape index (κ3) is 3.62. The van der Waals surface area contributed by atoms with Crippen LogP contribution in [0.4, 0.5) is 4.79 Å². The molecule has 0 aliphatic carbocycles. The number of hydrogen-bond donors (Lipinski definition) is 1. The Morgan fingerprint density at radius 2 is 2.08 bits per heavy atom. The molecule has 0 bridgehead atoms. The molecule has 1 fully saturated rings. The molecule has 2 aliphatic heterocycles. The van der Waals surface area contributed by atoms with Crippen molar-refractivity contribution in [1.82, 2.24) is 15.1 Å². The molecule has 134 valence electrons. The summed E-state index contributed by atoms with van der Waals surface area (Å²) in [5, 5.41) is 3.86. The van der Waals surface area contributed by atoms with E-state index in [1.807, 2.05) is 29.2 Å². The summed E-state index contributed by atoms with van der Waals surface area (Å²) in [6.45, 7) is 2.62. The van der Waals surface area contributed by atoms with Crippen LogP contribution in [0.15, 0.2) is 29.3 Å². The van der Waals surface area contributed by atoms with Crippen LogP contribution in [0.25, 0.3) is 0 Å². The lowest BCUT2D eigenvalue weighted by Gasteiger charge is -2.36. The minimum atomic E-state index is -0.525. The molecule has 2 aliphatic rings. The van der Waals surface area contributed by atoms with Crippen molar-refractivity contribution >= 4 is 40.5 Å². The van der Waals surface area contributed by atoms with Crippen molar-refractivity contribution in [2.45, 2.75) is 38.5 Å². The summed E-state index contributed by atoms with van der Waals surface area (Å²) < 4.78 is 0. The molecule has 2 unspecified atom stereocenters. The fraction of sp³-hybridized carbons (Fsp3) is 0.471. The minimum absolute atomic E-state index is 0.310. The van der Waals surface area contributed by atoms with E-state index in [1.54, 1.807) is 18.8 Å². The fourth-order valence-corrected chi connectivity index (χ4v) is 4.24. The van der Waals surface area contributed by atoms with Crippen molar-refractivity contribution in [3.05, 3.63) is 34.9 Å². The second-order valence-electron chi connectivity index (χ2n) is 6.10. The van der Waals surface area contributed by atoms with E-state index in [0.29, 0.717) is 11.6 Å². The van der Waals surface area contributed by atoms with E-state index in [9.17, 15) is 9.59 Å². The van der Waals surface area contributed by atoms with E-state index in [1.165, 1.54) is 4.90 Å². The number of unbranched alkanes of at least 4 members (excludes halogenated alkanes) is 1. The lowest BCUT2D eigenvalue weighted by molar-refractivity contribution is -0.127. The first-order valence-corrected chi connectivity index (χ1v) is 9.67. The van der Waals surface area contributed by atoms with Crippen LogP contribution in [0.2, 0.25) is 5.02 Å². The fourth-order valence-electron chi connectivity index (χ4n) is 2.90. The van der Waals surface area contributed by atoms with E-state index >= 15 is 0 Å². The average molecular weight is 381 g/mol. The van der Waals surface area contributed by atoms with Crippen LogP contribution in [-0.4, -0.2) is 51.9 Å². The Hall–Kier alpha value is -1.73. The summed E-state index contributed by atoms with van der Waals surface area (Å²) in [7, 11) is 1.66. The number of halogens is 1. The number of urea groups is 1. The van der Waals surface area contributed by atoms with Gasteiger partial charge in [-0.2, -0.15) is 0 Å². The van der Waals surface area contributed by atoms with Gasteiger partial charge in [-0.15, -0.1) is 0 Å². The topological polar surface area (TPSA) is 65.0 Å². The van der Waals surface area contributed by atoms with Gasteiger partial charge in [0.05, 0.1) is 0 Å². The minimum Gasteiger partial charge on any atom is -0.331 e. The van der Waals surface area contributed by atoms with Gasteiger partial charge in [-0.3, -0.25) is 10.1 Å². The quantitative estimate of drug-likeness (QED) is 0.797. The highest BCUT2D eigenvalue weighted by molar-refractivity contribution is 8.13. The van der Waals surface area contributed by atoms with Crippen molar-refractivity contribution in [3.63, 3.8) is 0 Å². The first kappa shape index (κ1) is 18.1. The lowest BCUT2D eigenvalue weighted by Crippen LogP contribution is -2.63. The van der Waals surface area contributed by atoms with Crippen LogP contribution in [-0.2, 0) is 11.3 Å². The molecule has 6 nitrogen and oxygen atoms in total. The molecule has 0 saturated carbocycles. The number of fused-ring (bicyclic) bond motifs is 1. The maximum Gasteiger partial charge on any atom is 0.325 e. The maximum absolute atomic E-state index is 12.5. The van der Waals surface area contributed by atoms with Crippen LogP contribution < -0.4 is 5.32 Å². The van der Waals surface area contributed by atoms with Crippen LogP contribution in [0, 0.1) is 0 Å². The monoisotopic (exact) mass is 380 g/mol. The van der Waals surface area contributed by atoms with Gasteiger partial charge < -0.3 is 9.80 Å². The third-order valence-corrected chi connectivity index (χ3v) is 5.81. The van der Waals surface area contributed by atoms with Gasteiger partial charge in [0.2, 0.25) is 0 Å². The highest BCUT2D eigenvalue weighted by atomic mass is 35.5. The zero-order chi connectivity index (χ0) is 18.0. The van der Waals surface area contributed by atoms with E-state index in [4.69, 9.17) is 11.6 Å². The molecule has 25 heavy (non-hydrogen) atoms. The molecule has 2 heterocycles. The summed E-state index contributed by atoms with van der Waals surface area (Å²) in [5.74, 6) is 0.613. The molecule has 2 atom stereocenters. The van der Waals surface area contributed by atoms with Gasteiger partial charge in [0.25, 0.3) is 5.91 Å². The highest BCUT2D eigenvalue weighted by Crippen LogP contribution is 2.31. The molecule has 3 amide bonds. The standard InChI is InChI=1S/C17H21ClN4O2S/c1-3-4-9-25-17-19-14-13(15(23)20-16(24)21(14)2)22(17)10-11-7-5-6-8-12(11)18/h5-8,13-14H,3-4,9-10H2,1-2H3,(H,20,23,24). The smallest absolute Gasteiger partial charge is 0.325 e. The number of thioether (sulfide) groups is 1. The van der Waals surface area contributed by atoms with E-state index in [2.05, 4.69) is 17.2 Å². The first-order valence-electron chi connectivity index (χ1n) is 8.31. The average Bonchev–Trinajstić information content (AvgIpc) is 2.94. The maximum atomic E-state index is 12.5. The van der Waals surface area contributed by atoms with Gasteiger partial charge in [-0.25, -0.2) is 9.79 Å². The number of hydrogen-bond acceptors (Lipinski definition) is 5. The molecule has 1 N–H and O–H groups in total. The summed E-state index contributed by atoms with van der Waals surface area (Å²) in [5.41, 5.74) is 0.931. The molecule has 3 rings (SSSR count). The van der Waals surface area contributed by atoms with Gasteiger partial charge in [0.1, 0.15) is 0 Å². The zero-order valence-corrected chi connectivity index (χ0v) is 15.8. The normalized spacial score (nSPS) is 22.8. The Labute approximate surface area is 156 Å². The number of amidine groups is 1. The number of benzene rings is 1. The molecule has 1 saturated heterocycles. The lowest BCUT2D eigenvalue weighted by atomic mass is 10.1. The van der Waals surface area contributed by atoms with Crippen molar-refractivity contribution < 1.29 is 9.59 Å². The molecule has 1 aromatic carbocycles. The zero-order valence-electron chi connectivity index (χ0n) is 14.2. The summed E-state index contributed by atoms with van der Waals surface area (Å²) in [4.78, 5) is 32.5. The Kier molecular flexibility index (Phi) is 5.54. The SMILES string of the molecule is CCCCSC1=NC2C(C(=O)NC(=O)N2C)N1Cc1ccccc1Cl. The third-order valence-electron chi connectivity index (χ3n) is 4.35. The van der Waals surface area contributed by atoms with E-state index < -0.39 is 18.2 Å². The van der Waals surface area contributed by atoms with E-state index in [-0.39, 0.29) is 5.91 Å². The highest BCUT2D eigenvalue weighted by Gasteiger charge is 2.48. The number of carbonyl (C=O) groups is 2. The Morgan fingerprint density at radius 3 is 2.80 bits per heavy atom. The number of nitrogens with zero attached hydrogens (tertiary/aromatic N) is 3. The summed E-state index contributed by atoms with van der Waals surface area (Å²) in [6, 6.07) is 6.65. The van der Waals surface area contributed by atoms with Crippen molar-refractivity contribution in [1.29, 1.82) is 0 Å². The molecule has 0 spiro atoms. The number of likely N-dealkylation sites (N-methyl/N-ethyl adjacent to an activating group) is 1.